The molecule has 4 nitrogen and oxygen atoms in total. The molecule has 21 heavy (non-hydrogen) atoms. The zero-order chi connectivity index (χ0) is 15.4. The van der Waals surface area contributed by atoms with E-state index in [0.29, 0.717) is 12.2 Å². The van der Waals surface area contributed by atoms with Crippen LogP contribution in [0.25, 0.3) is 0 Å². The molecule has 0 unspecified atom stereocenters. The number of nitrogens with zero attached hydrogens (tertiary/aromatic N) is 2. The van der Waals surface area contributed by atoms with Gasteiger partial charge in [-0.25, -0.2) is 4.39 Å². The summed E-state index contributed by atoms with van der Waals surface area (Å²) in [7, 11) is 3.55. The summed E-state index contributed by atoms with van der Waals surface area (Å²) in [5, 5.41) is 3.29. The Morgan fingerprint density at radius 1 is 1.38 bits per heavy atom. The number of hydrogen-bond donors (Lipinski definition) is 1. The van der Waals surface area contributed by atoms with Crippen molar-refractivity contribution in [3.8, 4) is 0 Å². The Hall–Kier alpha value is -1.62. The van der Waals surface area contributed by atoms with Gasteiger partial charge in [0, 0.05) is 33.2 Å². The molecule has 1 amide bonds. The molecule has 5 heteroatoms. The Morgan fingerprint density at radius 2 is 2.05 bits per heavy atom. The van der Waals surface area contributed by atoms with Crippen LogP contribution in [0.3, 0.4) is 0 Å². The quantitative estimate of drug-likeness (QED) is 0.923. The first-order valence-corrected chi connectivity index (χ1v) is 7.41. The van der Waals surface area contributed by atoms with Crippen molar-refractivity contribution in [1.82, 2.24) is 9.80 Å². The summed E-state index contributed by atoms with van der Waals surface area (Å²) in [6.45, 7) is 4.16. The van der Waals surface area contributed by atoms with E-state index in [4.69, 9.17) is 0 Å². The number of nitrogens with one attached hydrogen (secondary N) is 1. The maximum Gasteiger partial charge on any atom is 0.236 e. The highest BCUT2D eigenvalue weighted by Crippen LogP contribution is 2.20. The Bertz CT molecular complexity index is 496. The predicted octanol–water partition coefficient (Wildman–Crippen LogP) is 2.10. The summed E-state index contributed by atoms with van der Waals surface area (Å²) in [4.78, 5) is 15.5. The molecule has 1 saturated heterocycles. The molecular formula is C16H24FN3O. The van der Waals surface area contributed by atoms with Crippen molar-refractivity contribution in [2.75, 3.05) is 39.0 Å². The Morgan fingerprint density at radius 3 is 2.67 bits per heavy atom. The number of aryl methyl sites for hydroxylation is 1. The highest BCUT2D eigenvalue weighted by molar-refractivity contribution is 5.77. The highest BCUT2D eigenvalue weighted by atomic mass is 19.1. The van der Waals surface area contributed by atoms with Gasteiger partial charge in [0.2, 0.25) is 5.91 Å². The summed E-state index contributed by atoms with van der Waals surface area (Å²) in [5.41, 5.74) is 1.63. The van der Waals surface area contributed by atoms with E-state index in [0.717, 1.165) is 31.5 Å². The van der Waals surface area contributed by atoms with Gasteiger partial charge in [-0.15, -0.1) is 0 Å². The van der Waals surface area contributed by atoms with Crippen LogP contribution in [0.15, 0.2) is 18.2 Å². The lowest BCUT2D eigenvalue weighted by molar-refractivity contribution is -0.130. The van der Waals surface area contributed by atoms with E-state index in [9.17, 15) is 9.18 Å². The van der Waals surface area contributed by atoms with Crippen LogP contribution >= 0.6 is 0 Å². The number of carbonyl (C=O) groups excluding carboxylic acids is 1. The predicted molar refractivity (Wildman–Crippen MR) is 82.9 cm³/mol. The second-order valence-corrected chi connectivity index (χ2v) is 5.97. The fraction of sp³-hybridized carbons (Fsp3) is 0.562. The van der Waals surface area contributed by atoms with Gasteiger partial charge in [-0.05, 0) is 37.5 Å². The zero-order valence-corrected chi connectivity index (χ0v) is 13.0. The van der Waals surface area contributed by atoms with Gasteiger partial charge in [0.05, 0.1) is 12.2 Å². The molecule has 1 N–H and O–H groups in total. The third kappa shape index (κ3) is 4.43. The lowest BCUT2D eigenvalue weighted by Crippen LogP contribution is -2.44. The largest absolute Gasteiger partial charge is 0.380 e. The first-order valence-electron chi connectivity index (χ1n) is 7.41. The van der Waals surface area contributed by atoms with Crippen LogP contribution in [0.4, 0.5) is 10.1 Å². The molecule has 1 heterocycles. The molecule has 0 spiro atoms. The minimum Gasteiger partial charge on any atom is -0.380 e. The number of halogens is 1. The van der Waals surface area contributed by atoms with Crippen molar-refractivity contribution in [1.29, 1.82) is 0 Å². The molecule has 0 radical (unpaired) electrons. The molecule has 0 atom stereocenters. The molecule has 1 aliphatic rings. The molecule has 1 fully saturated rings. The fourth-order valence-corrected chi connectivity index (χ4v) is 2.54. The van der Waals surface area contributed by atoms with E-state index < -0.39 is 0 Å². The van der Waals surface area contributed by atoms with E-state index in [1.54, 1.807) is 25.1 Å². The maximum absolute atomic E-state index is 13.7. The van der Waals surface area contributed by atoms with Crippen LogP contribution in [0, 0.1) is 12.7 Å². The Balaban J connectivity index is 1.84. The first-order chi connectivity index (χ1) is 9.95. The Kier molecular flexibility index (Phi) is 5.17. The number of benzene rings is 1. The van der Waals surface area contributed by atoms with Gasteiger partial charge in [0.25, 0.3) is 0 Å². The van der Waals surface area contributed by atoms with E-state index in [1.807, 2.05) is 13.0 Å². The van der Waals surface area contributed by atoms with Crippen LogP contribution in [-0.4, -0.2) is 55.5 Å². The average Bonchev–Trinajstić information content (AvgIpc) is 2.45. The van der Waals surface area contributed by atoms with Gasteiger partial charge >= 0.3 is 0 Å². The van der Waals surface area contributed by atoms with Gasteiger partial charge in [-0.1, -0.05) is 6.07 Å². The number of likely N-dealkylation sites (N-methyl/N-ethyl adjacent to an activating group) is 1. The van der Waals surface area contributed by atoms with Crippen molar-refractivity contribution in [3.63, 3.8) is 0 Å². The van der Waals surface area contributed by atoms with Crippen molar-refractivity contribution >= 4 is 11.6 Å². The zero-order valence-electron chi connectivity index (χ0n) is 13.0. The van der Waals surface area contributed by atoms with E-state index in [2.05, 4.69) is 10.2 Å². The SMILES string of the molecule is Cc1ccc(F)c(NC2CCN(CC(=O)N(C)C)CC2)c1. The van der Waals surface area contributed by atoms with Gasteiger partial charge in [-0.2, -0.15) is 0 Å². The lowest BCUT2D eigenvalue weighted by atomic mass is 10.0. The second kappa shape index (κ2) is 6.89. The summed E-state index contributed by atoms with van der Waals surface area (Å²) < 4.78 is 13.7. The highest BCUT2D eigenvalue weighted by Gasteiger charge is 2.21. The number of hydrogen-bond acceptors (Lipinski definition) is 3. The number of likely N-dealkylation sites (tertiary alicyclic amines) is 1. The van der Waals surface area contributed by atoms with Crippen molar-refractivity contribution in [3.05, 3.63) is 29.6 Å². The number of amides is 1. The smallest absolute Gasteiger partial charge is 0.236 e. The molecule has 1 aliphatic heterocycles. The molecule has 0 aliphatic carbocycles. The number of piperidine rings is 1. The summed E-state index contributed by atoms with van der Waals surface area (Å²) >= 11 is 0. The molecule has 0 saturated carbocycles. The van der Waals surface area contributed by atoms with Crippen molar-refractivity contribution in [2.45, 2.75) is 25.8 Å². The fourth-order valence-electron chi connectivity index (χ4n) is 2.54. The number of anilines is 1. The molecule has 1 aromatic carbocycles. The van der Waals surface area contributed by atoms with Gasteiger partial charge in [0.1, 0.15) is 5.82 Å². The normalized spacial score (nSPS) is 16.8. The van der Waals surface area contributed by atoms with Crippen molar-refractivity contribution < 1.29 is 9.18 Å². The van der Waals surface area contributed by atoms with Crippen LogP contribution in [-0.2, 0) is 4.79 Å². The molecule has 1 aromatic rings. The summed E-state index contributed by atoms with van der Waals surface area (Å²) in [6, 6.07) is 5.39. The van der Waals surface area contributed by atoms with Crippen LogP contribution in [0.1, 0.15) is 18.4 Å². The standard InChI is InChI=1S/C16H24FN3O/c1-12-4-5-14(17)15(10-12)18-13-6-8-20(9-7-13)11-16(21)19(2)3/h4-5,10,13,18H,6-9,11H2,1-3H3. The minimum absolute atomic E-state index is 0.131. The second-order valence-electron chi connectivity index (χ2n) is 5.97. The monoisotopic (exact) mass is 293 g/mol. The number of carbonyl (C=O) groups is 1. The molecule has 0 bridgehead atoms. The van der Waals surface area contributed by atoms with Crippen LogP contribution in [0.2, 0.25) is 0 Å². The third-order valence-electron chi connectivity index (χ3n) is 3.93. The van der Waals surface area contributed by atoms with Crippen LogP contribution < -0.4 is 5.32 Å². The molecule has 116 valence electrons. The van der Waals surface area contributed by atoms with E-state index in [1.165, 1.54) is 6.07 Å². The maximum atomic E-state index is 13.7. The molecule has 0 aromatic heterocycles. The van der Waals surface area contributed by atoms with Crippen molar-refractivity contribution in [2.24, 2.45) is 0 Å². The lowest BCUT2D eigenvalue weighted by Gasteiger charge is -2.33. The molecule has 2 rings (SSSR count). The average molecular weight is 293 g/mol. The van der Waals surface area contributed by atoms with Crippen LogP contribution in [0.5, 0.6) is 0 Å². The summed E-state index contributed by atoms with van der Waals surface area (Å²) in [6.07, 6.45) is 1.85. The topological polar surface area (TPSA) is 35.6 Å². The van der Waals surface area contributed by atoms with E-state index >= 15 is 0 Å². The minimum atomic E-state index is -0.203. The third-order valence-corrected chi connectivity index (χ3v) is 3.93. The Labute approximate surface area is 125 Å². The molecular weight excluding hydrogens is 269 g/mol. The summed E-state index contributed by atoms with van der Waals surface area (Å²) in [5.74, 6) is -0.0723. The van der Waals surface area contributed by atoms with E-state index in [-0.39, 0.29) is 17.8 Å². The first kappa shape index (κ1) is 15.8. The number of rotatable bonds is 4. The van der Waals surface area contributed by atoms with Gasteiger partial charge in [0.15, 0.2) is 0 Å². The van der Waals surface area contributed by atoms with Gasteiger partial charge < -0.3 is 10.2 Å². The van der Waals surface area contributed by atoms with Gasteiger partial charge in [-0.3, -0.25) is 9.69 Å².